The number of anilines is 3. The van der Waals surface area contributed by atoms with Gasteiger partial charge >= 0.3 is 5.97 Å². The van der Waals surface area contributed by atoms with E-state index in [1.165, 1.54) is 16.9 Å². The molecule has 4 aromatic rings. The highest BCUT2D eigenvalue weighted by Gasteiger charge is 2.18. The van der Waals surface area contributed by atoms with Gasteiger partial charge in [-0.1, -0.05) is 41.2 Å². The van der Waals surface area contributed by atoms with Crippen LogP contribution >= 0.6 is 11.3 Å². The van der Waals surface area contributed by atoms with Crippen LogP contribution < -0.4 is 20.1 Å². The van der Waals surface area contributed by atoms with Crippen molar-refractivity contribution >= 4 is 45.1 Å². The molecule has 0 unspecified atom stereocenters. The van der Waals surface area contributed by atoms with Gasteiger partial charge < -0.3 is 19.5 Å². The molecule has 35 heavy (non-hydrogen) atoms. The van der Waals surface area contributed by atoms with E-state index in [-0.39, 0.29) is 0 Å². The maximum absolute atomic E-state index is 12.2. The van der Waals surface area contributed by atoms with Crippen LogP contribution in [0.1, 0.15) is 33.4 Å². The molecule has 0 bridgehead atoms. The Morgan fingerprint density at radius 3 is 2.40 bits per heavy atom. The molecule has 0 aliphatic carbocycles. The summed E-state index contributed by atoms with van der Waals surface area (Å²) in [7, 11) is 3.17. The number of fused-ring (bicyclic) bond motifs is 1. The maximum atomic E-state index is 12.2. The number of methoxy groups -OCH3 is 2. The first-order chi connectivity index (χ1) is 16.9. The number of thiazole rings is 1. The van der Waals surface area contributed by atoms with Crippen molar-refractivity contribution in [3.63, 3.8) is 0 Å². The van der Waals surface area contributed by atoms with Crippen molar-refractivity contribution < 1.29 is 19.0 Å². The molecule has 0 aliphatic rings. The Bertz CT molecular complexity index is 1350. The number of carbonyl (C=O) groups excluding carboxylic acids is 1. The van der Waals surface area contributed by atoms with Crippen molar-refractivity contribution in [2.24, 2.45) is 0 Å². The van der Waals surface area contributed by atoms with E-state index in [4.69, 9.17) is 19.2 Å². The molecule has 2 aromatic heterocycles. The Balaban J connectivity index is 1.71. The zero-order valence-corrected chi connectivity index (χ0v) is 21.1. The van der Waals surface area contributed by atoms with Crippen molar-refractivity contribution in [3.05, 3.63) is 58.1 Å². The SMILES string of the molecule is CCOC(=O)c1sc(Nc2nc(NCc3ccc(C)cc3)c3cc(OC)c(OC)cc3n2)nc1C. The van der Waals surface area contributed by atoms with Gasteiger partial charge in [-0.2, -0.15) is 4.98 Å². The zero-order valence-electron chi connectivity index (χ0n) is 20.3. The largest absolute Gasteiger partial charge is 0.493 e. The van der Waals surface area contributed by atoms with E-state index in [0.29, 0.717) is 57.6 Å². The van der Waals surface area contributed by atoms with Crippen LogP contribution in [0.15, 0.2) is 36.4 Å². The molecule has 9 nitrogen and oxygen atoms in total. The molecule has 0 aliphatic heterocycles. The van der Waals surface area contributed by atoms with Crippen LogP contribution in [0.5, 0.6) is 11.5 Å². The number of hydrogen-bond acceptors (Lipinski definition) is 10. The van der Waals surface area contributed by atoms with Gasteiger partial charge in [0, 0.05) is 18.0 Å². The summed E-state index contributed by atoms with van der Waals surface area (Å²) in [5.41, 5.74) is 3.56. The lowest BCUT2D eigenvalue weighted by atomic mass is 10.1. The summed E-state index contributed by atoms with van der Waals surface area (Å²) >= 11 is 1.20. The van der Waals surface area contributed by atoms with E-state index in [1.54, 1.807) is 34.1 Å². The summed E-state index contributed by atoms with van der Waals surface area (Å²) in [4.78, 5) is 26.4. The number of nitrogens with zero attached hydrogens (tertiary/aromatic N) is 3. The Hall–Kier alpha value is -3.92. The van der Waals surface area contributed by atoms with Crippen LogP contribution in [-0.4, -0.2) is 41.7 Å². The molecule has 0 radical (unpaired) electrons. The average molecular weight is 494 g/mol. The highest BCUT2D eigenvalue weighted by atomic mass is 32.1. The summed E-state index contributed by atoms with van der Waals surface area (Å²) < 4.78 is 16.1. The summed E-state index contributed by atoms with van der Waals surface area (Å²) in [6, 6.07) is 11.9. The molecule has 0 fully saturated rings. The zero-order chi connectivity index (χ0) is 24.9. The van der Waals surface area contributed by atoms with Crippen LogP contribution in [0.4, 0.5) is 16.9 Å². The maximum Gasteiger partial charge on any atom is 0.350 e. The number of carbonyl (C=O) groups is 1. The minimum Gasteiger partial charge on any atom is -0.493 e. The molecular formula is C25H27N5O4S. The van der Waals surface area contributed by atoms with Gasteiger partial charge in [0.05, 0.1) is 32.0 Å². The minimum absolute atomic E-state index is 0.300. The smallest absolute Gasteiger partial charge is 0.350 e. The lowest BCUT2D eigenvalue weighted by Crippen LogP contribution is -2.06. The van der Waals surface area contributed by atoms with Crippen molar-refractivity contribution in [1.29, 1.82) is 0 Å². The molecule has 182 valence electrons. The average Bonchev–Trinajstić information content (AvgIpc) is 3.22. The van der Waals surface area contributed by atoms with E-state index in [2.05, 4.69) is 51.8 Å². The molecule has 0 saturated heterocycles. The first kappa shape index (κ1) is 24.2. The van der Waals surface area contributed by atoms with E-state index in [0.717, 1.165) is 10.9 Å². The molecule has 0 spiro atoms. The summed E-state index contributed by atoms with van der Waals surface area (Å²) in [6.45, 7) is 6.46. The van der Waals surface area contributed by atoms with Gasteiger partial charge in [0.2, 0.25) is 5.95 Å². The van der Waals surface area contributed by atoms with Crippen molar-refractivity contribution in [3.8, 4) is 11.5 Å². The second kappa shape index (κ2) is 10.6. The number of ether oxygens (including phenoxy) is 3. The van der Waals surface area contributed by atoms with Gasteiger partial charge in [-0.15, -0.1) is 0 Å². The number of hydrogen-bond donors (Lipinski definition) is 2. The van der Waals surface area contributed by atoms with Crippen molar-refractivity contribution in [2.45, 2.75) is 27.3 Å². The molecule has 2 N–H and O–H groups in total. The second-order valence-electron chi connectivity index (χ2n) is 7.74. The van der Waals surface area contributed by atoms with Crippen molar-refractivity contribution in [2.75, 3.05) is 31.5 Å². The molecule has 0 atom stereocenters. The van der Waals surface area contributed by atoms with Gasteiger partial charge in [-0.05, 0) is 32.4 Å². The minimum atomic E-state index is -0.396. The Labute approximate surface area is 207 Å². The van der Waals surface area contributed by atoms with Crippen LogP contribution in [0.25, 0.3) is 10.9 Å². The quantitative estimate of drug-likeness (QED) is 0.302. The van der Waals surface area contributed by atoms with E-state index < -0.39 is 5.97 Å². The number of esters is 1. The van der Waals surface area contributed by atoms with Crippen LogP contribution in [0.3, 0.4) is 0 Å². The van der Waals surface area contributed by atoms with Crippen LogP contribution in [0, 0.1) is 13.8 Å². The second-order valence-corrected chi connectivity index (χ2v) is 8.74. The summed E-state index contributed by atoms with van der Waals surface area (Å²) in [5.74, 6) is 1.70. The van der Waals surface area contributed by atoms with Crippen LogP contribution in [0.2, 0.25) is 0 Å². The van der Waals surface area contributed by atoms with Gasteiger partial charge in [0.25, 0.3) is 0 Å². The monoisotopic (exact) mass is 493 g/mol. The van der Waals surface area contributed by atoms with Gasteiger partial charge in [-0.3, -0.25) is 5.32 Å². The molecular weight excluding hydrogens is 466 g/mol. The lowest BCUT2D eigenvalue weighted by molar-refractivity contribution is 0.0531. The number of aryl methyl sites for hydroxylation is 2. The third kappa shape index (κ3) is 5.43. The molecule has 4 rings (SSSR count). The molecule has 10 heteroatoms. The molecule has 0 amide bonds. The topological polar surface area (TPSA) is 107 Å². The van der Waals surface area contributed by atoms with Crippen LogP contribution in [-0.2, 0) is 11.3 Å². The predicted molar refractivity (Wildman–Crippen MR) is 137 cm³/mol. The number of aromatic nitrogens is 3. The van der Waals surface area contributed by atoms with Gasteiger partial charge in [-0.25, -0.2) is 14.8 Å². The molecule has 2 aromatic carbocycles. The van der Waals surface area contributed by atoms with E-state index >= 15 is 0 Å². The summed E-state index contributed by atoms with van der Waals surface area (Å²) in [5, 5.41) is 7.82. The number of benzene rings is 2. The third-order valence-electron chi connectivity index (χ3n) is 5.26. The normalized spacial score (nSPS) is 10.8. The molecule has 0 saturated carbocycles. The van der Waals surface area contributed by atoms with E-state index in [9.17, 15) is 4.79 Å². The first-order valence-electron chi connectivity index (χ1n) is 11.1. The first-order valence-corrected chi connectivity index (χ1v) is 11.9. The van der Waals surface area contributed by atoms with E-state index in [1.807, 2.05) is 6.07 Å². The summed E-state index contributed by atoms with van der Waals surface area (Å²) in [6.07, 6.45) is 0. The van der Waals surface area contributed by atoms with Gasteiger partial charge in [0.1, 0.15) is 10.7 Å². The Morgan fingerprint density at radius 1 is 1.00 bits per heavy atom. The highest BCUT2D eigenvalue weighted by molar-refractivity contribution is 7.17. The number of rotatable bonds is 9. The third-order valence-corrected chi connectivity index (χ3v) is 6.31. The Morgan fingerprint density at radius 2 is 1.71 bits per heavy atom. The Kier molecular flexibility index (Phi) is 7.31. The lowest BCUT2D eigenvalue weighted by Gasteiger charge is -2.14. The van der Waals surface area contributed by atoms with Gasteiger partial charge in [0.15, 0.2) is 16.6 Å². The fourth-order valence-corrected chi connectivity index (χ4v) is 4.32. The number of nitrogens with one attached hydrogen (secondary N) is 2. The molecule has 2 heterocycles. The standard InChI is InChI=1S/C25H27N5O4S/c1-6-34-23(31)21-15(3)27-25(35-21)30-24-28-18-12-20(33-5)19(32-4)11-17(18)22(29-24)26-13-16-9-7-14(2)8-10-16/h7-12H,6,13H2,1-5H3,(H2,26,27,28,29,30). The fraction of sp³-hybridized carbons (Fsp3) is 0.280. The highest BCUT2D eigenvalue weighted by Crippen LogP contribution is 2.35. The van der Waals surface area contributed by atoms with Crippen molar-refractivity contribution in [1.82, 2.24) is 15.0 Å². The fourth-order valence-electron chi connectivity index (χ4n) is 3.47. The predicted octanol–water partition coefficient (Wildman–Crippen LogP) is 5.25.